The third-order valence-corrected chi connectivity index (χ3v) is 3.93. The maximum atomic E-state index is 11.1. The Morgan fingerprint density at radius 2 is 2.15 bits per heavy atom. The summed E-state index contributed by atoms with van der Waals surface area (Å²) < 4.78 is 0. The minimum atomic E-state index is -0.694. The van der Waals surface area contributed by atoms with E-state index in [1.807, 2.05) is 24.3 Å². The van der Waals surface area contributed by atoms with Crippen LogP contribution in [0.5, 0.6) is 0 Å². The second-order valence-electron chi connectivity index (χ2n) is 5.32. The third kappa shape index (κ3) is 2.57. The summed E-state index contributed by atoms with van der Waals surface area (Å²) in [6.07, 6.45) is 5.08. The van der Waals surface area contributed by atoms with Gasteiger partial charge in [-0.2, -0.15) is 5.10 Å². The minimum absolute atomic E-state index is 0.157. The van der Waals surface area contributed by atoms with Crippen LogP contribution in [0.4, 0.5) is 5.82 Å². The number of fused-ring (bicyclic) bond motifs is 1. The lowest BCUT2D eigenvalue weighted by molar-refractivity contribution is -0.142. The van der Waals surface area contributed by atoms with E-state index in [0.29, 0.717) is 6.42 Å². The molecular formula is C15H17N3O2. The van der Waals surface area contributed by atoms with Crippen LogP contribution in [0.1, 0.15) is 25.7 Å². The second kappa shape index (κ2) is 5.45. The summed E-state index contributed by atoms with van der Waals surface area (Å²) >= 11 is 0. The Labute approximate surface area is 117 Å². The smallest absolute Gasteiger partial charge is 0.306 e. The number of benzene rings is 1. The van der Waals surface area contributed by atoms with E-state index in [1.165, 1.54) is 0 Å². The zero-order chi connectivity index (χ0) is 13.9. The van der Waals surface area contributed by atoms with Gasteiger partial charge in [0.2, 0.25) is 0 Å². The first kappa shape index (κ1) is 12.8. The van der Waals surface area contributed by atoms with Gasteiger partial charge in [0.25, 0.3) is 0 Å². The molecule has 0 bridgehead atoms. The lowest BCUT2D eigenvalue weighted by Crippen LogP contribution is -2.31. The first-order valence-corrected chi connectivity index (χ1v) is 6.94. The molecule has 0 spiro atoms. The number of anilines is 1. The van der Waals surface area contributed by atoms with Gasteiger partial charge in [0.15, 0.2) is 5.82 Å². The van der Waals surface area contributed by atoms with Crippen molar-refractivity contribution in [2.45, 2.75) is 31.7 Å². The number of aromatic nitrogens is 2. The molecule has 0 radical (unpaired) electrons. The Balaban J connectivity index is 1.81. The molecule has 2 N–H and O–H groups in total. The summed E-state index contributed by atoms with van der Waals surface area (Å²) in [7, 11) is 0. The highest BCUT2D eigenvalue weighted by Crippen LogP contribution is 2.28. The van der Waals surface area contributed by atoms with Crippen molar-refractivity contribution in [3.8, 4) is 0 Å². The number of nitrogens with one attached hydrogen (secondary N) is 1. The standard InChI is InChI=1S/C15H17N3O2/c19-15(20)10-5-3-6-12(8-10)17-14-13-7-2-1-4-11(13)9-16-18-14/h1-2,4,7,9-10,12H,3,5-6,8H2,(H,17,18)(H,19,20). The maximum absolute atomic E-state index is 11.1. The molecule has 1 aliphatic carbocycles. The van der Waals surface area contributed by atoms with Crippen molar-refractivity contribution >= 4 is 22.6 Å². The zero-order valence-electron chi connectivity index (χ0n) is 11.1. The summed E-state index contributed by atoms with van der Waals surface area (Å²) in [4.78, 5) is 11.1. The quantitative estimate of drug-likeness (QED) is 0.897. The summed E-state index contributed by atoms with van der Waals surface area (Å²) in [5.74, 6) is -0.191. The monoisotopic (exact) mass is 271 g/mol. The van der Waals surface area contributed by atoms with Crippen LogP contribution in [-0.2, 0) is 4.79 Å². The molecule has 3 rings (SSSR count). The fourth-order valence-corrected chi connectivity index (χ4v) is 2.87. The van der Waals surface area contributed by atoms with E-state index < -0.39 is 5.97 Å². The van der Waals surface area contributed by atoms with Gasteiger partial charge in [-0.05, 0) is 19.3 Å². The number of hydrogen-bond donors (Lipinski definition) is 2. The van der Waals surface area contributed by atoms with Gasteiger partial charge in [-0.1, -0.05) is 30.7 Å². The molecule has 20 heavy (non-hydrogen) atoms. The largest absolute Gasteiger partial charge is 0.481 e. The van der Waals surface area contributed by atoms with Crippen LogP contribution < -0.4 is 5.32 Å². The van der Waals surface area contributed by atoms with Crippen LogP contribution in [-0.4, -0.2) is 27.3 Å². The third-order valence-electron chi connectivity index (χ3n) is 3.93. The number of aliphatic carboxylic acids is 1. The zero-order valence-corrected chi connectivity index (χ0v) is 11.1. The number of hydrogen-bond acceptors (Lipinski definition) is 4. The Kier molecular flexibility index (Phi) is 3.50. The average Bonchev–Trinajstić information content (AvgIpc) is 2.48. The van der Waals surface area contributed by atoms with E-state index in [0.717, 1.165) is 35.9 Å². The average molecular weight is 271 g/mol. The predicted octanol–water partition coefficient (Wildman–Crippen LogP) is 2.69. The molecule has 1 aromatic carbocycles. The van der Waals surface area contributed by atoms with Crippen molar-refractivity contribution in [3.05, 3.63) is 30.5 Å². The molecule has 2 unspecified atom stereocenters. The second-order valence-corrected chi connectivity index (χ2v) is 5.32. The van der Waals surface area contributed by atoms with Crippen LogP contribution >= 0.6 is 0 Å². The van der Waals surface area contributed by atoms with E-state index in [1.54, 1.807) is 6.20 Å². The fraction of sp³-hybridized carbons (Fsp3) is 0.400. The van der Waals surface area contributed by atoms with Gasteiger partial charge < -0.3 is 10.4 Å². The molecule has 0 saturated heterocycles. The Hall–Kier alpha value is -2.17. The highest BCUT2D eigenvalue weighted by Gasteiger charge is 2.27. The van der Waals surface area contributed by atoms with Crippen LogP contribution in [0.25, 0.3) is 10.8 Å². The van der Waals surface area contributed by atoms with Gasteiger partial charge in [-0.25, -0.2) is 0 Å². The minimum Gasteiger partial charge on any atom is -0.481 e. The van der Waals surface area contributed by atoms with Crippen LogP contribution in [0.15, 0.2) is 30.5 Å². The Morgan fingerprint density at radius 1 is 1.30 bits per heavy atom. The van der Waals surface area contributed by atoms with Crippen LogP contribution in [0, 0.1) is 5.92 Å². The number of rotatable bonds is 3. The molecule has 1 aromatic heterocycles. The number of carbonyl (C=O) groups is 1. The van der Waals surface area contributed by atoms with Crippen LogP contribution in [0.3, 0.4) is 0 Å². The molecule has 1 aliphatic rings. The Morgan fingerprint density at radius 3 is 3.00 bits per heavy atom. The first-order chi connectivity index (χ1) is 9.74. The van der Waals surface area contributed by atoms with Crippen molar-refractivity contribution in [2.24, 2.45) is 5.92 Å². The van der Waals surface area contributed by atoms with E-state index >= 15 is 0 Å². The molecule has 2 aromatic rings. The van der Waals surface area contributed by atoms with E-state index in [2.05, 4.69) is 15.5 Å². The lowest BCUT2D eigenvalue weighted by atomic mass is 9.86. The lowest BCUT2D eigenvalue weighted by Gasteiger charge is -2.27. The molecule has 1 saturated carbocycles. The van der Waals surface area contributed by atoms with Crippen molar-refractivity contribution in [1.29, 1.82) is 0 Å². The Bertz CT molecular complexity index is 624. The van der Waals surface area contributed by atoms with E-state index in [-0.39, 0.29) is 12.0 Å². The van der Waals surface area contributed by atoms with Crippen molar-refractivity contribution in [2.75, 3.05) is 5.32 Å². The summed E-state index contributed by atoms with van der Waals surface area (Å²) in [5.41, 5.74) is 0. The summed E-state index contributed by atoms with van der Waals surface area (Å²) in [5, 5.41) is 22.7. The first-order valence-electron chi connectivity index (χ1n) is 6.94. The molecular weight excluding hydrogens is 254 g/mol. The van der Waals surface area contributed by atoms with E-state index in [4.69, 9.17) is 5.11 Å². The molecule has 0 amide bonds. The molecule has 5 nitrogen and oxygen atoms in total. The predicted molar refractivity (Wildman–Crippen MR) is 76.5 cm³/mol. The van der Waals surface area contributed by atoms with Gasteiger partial charge in [0, 0.05) is 16.8 Å². The maximum Gasteiger partial charge on any atom is 0.306 e. The van der Waals surface area contributed by atoms with Crippen molar-refractivity contribution in [3.63, 3.8) is 0 Å². The van der Waals surface area contributed by atoms with Crippen molar-refractivity contribution < 1.29 is 9.90 Å². The van der Waals surface area contributed by atoms with Crippen LogP contribution in [0.2, 0.25) is 0 Å². The number of nitrogens with zero attached hydrogens (tertiary/aromatic N) is 2. The number of carboxylic acids is 1. The summed E-state index contributed by atoms with van der Waals surface area (Å²) in [6.45, 7) is 0. The highest BCUT2D eigenvalue weighted by atomic mass is 16.4. The molecule has 0 aliphatic heterocycles. The SMILES string of the molecule is O=C(O)C1CCCC(Nc2nncc3ccccc23)C1. The fourth-order valence-electron chi connectivity index (χ4n) is 2.87. The van der Waals surface area contributed by atoms with Gasteiger partial charge >= 0.3 is 5.97 Å². The summed E-state index contributed by atoms with van der Waals surface area (Å²) in [6, 6.07) is 8.09. The molecule has 1 fully saturated rings. The molecule has 2 atom stereocenters. The normalized spacial score (nSPS) is 22.6. The number of carboxylic acid groups (broad SMARTS) is 1. The topological polar surface area (TPSA) is 75.1 Å². The van der Waals surface area contributed by atoms with Gasteiger partial charge in [-0.3, -0.25) is 4.79 Å². The molecule has 104 valence electrons. The van der Waals surface area contributed by atoms with E-state index in [9.17, 15) is 4.79 Å². The highest BCUT2D eigenvalue weighted by molar-refractivity contribution is 5.90. The van der Waals surface area contributed by atoms with Gasteiger partial charge in [0.05, 0.1) is 12.1 Å². The van der Waals surface area contributed by atoms with Crippen molar-refractivity contribution in [1.82, 2.24) is 10.2 Å². The van der Waals surface area contributed by atoms with Gasteiger partial charge in [-0.15, -0.1) is 5.10 Å². The van der Waals surface area contributed by atoms with Gasteiger partial charge in [0.1, 0.15) is 0 Å². The molecule has 1 heterocycles. The molecule has 5 heteroatoms.